The third-order valence-corrected chi connectivity index (χ3v) is 13.1. The Morgan fingerprint density at radius 2 is 0.638 bits per heavy atom. The maximum absolute atomic E-state index is 8.96. The molecular weight excluding hydrogens is 841 g/mol. The first-order valence-electron chi connectivity index (χ1n) is 27.5. The predicted molar refractivity (Wildman–Crippen MR) is 285 cm³/mol. The van der Waals surface area contributed by atoms with Gasteiger partial charge in [-0.1, -0.05) is 170 Å². The van der Waals surface area contributed by atoms with Crippen LogP contribution in [0.3, 0.4) is 0 Å². The van der Waals surface area contributed by atoms with Gasteiger partial charge in [-0.2, -0.15) is 9.97 Å². The van der Waals surface area contributed by atoms with Gasteiger partial charge in [0.15, 0.2) is 11.6 Å². The number of fused-ring (bicyclic) bond motifs is 9. The first-order chi connectivity index (χ1) is 38.4. The van der Waals surface area contributed by atoms with Gasteiger partial charge in [-0.3, -0.25) is 4.57 Å². The minimum Gasteiger partial charge on any atom is -0.309 e. The van der Waals surface area contributed by atoms with Crippen molar-refractivity contribution in [1.29, 1.82) is 0 Å². The van der Waals surface area contributed by atoms with Gasteiger partial charge in [0.2, 0.25) is 5.95 Å². The quantitative estimate of drug-likeness (QED) is 0.160. The minimum absolute atomic E-state index is 0.00337. The third kappa shape index (κ3) is 6.16. The average Bonchev–Trinajstić information content (AvgIpc) is 4.36. The van der Waals surface area contributed by atoms with Gasteiger partial charge >= 0.3 is 0 Å². The third-order valence-electron chi connectivity index (χ3n) is 13.1. The molecule has 0 spiro atoms. The smallest absolute Gasteiger partial charge is 0.238 e. The Labute approximate surface area is 411 Å². The molecule has 10 aromatic carbocycles. The van der Waals surface area contributed by atoms with Crippen LogP contribution in [0.1, 0.15) is 13.7 Å². The molecule has 0 atom stereocenters. The van der Waals surface area contributed by atoms with Crippen LogP contribution in [0.15, 0.2) is 242 Å². The van der Waals surface area contributed by atoms with Gasteiger partial charge in [0.25, 0.3) is 0 Å². The number of aromatic nitrogens is 6. The van der Waals surface area contributed by atoms with Crippen molar-refractivity contribution in [1.82, 2.24) is 28.7 Å². The van der Waals surface area contributed by atoms with E-state index in [9.17, 15) is 0 Å². The fourth-order valence-electron chi connectivity index (χ4n) is 10.1. The van der Waals surface area contributed by atoms with Crippen molar-refractivity contribution in [2.75, 3.05) is 0 Å². The normalized spacial score (nSPS) is 13.8. The van der Waals surface area contributed by atoms with Crippen molar-refractivity contribution in [2.24, 2.45) is 0 Å². The molecule has 322 valence electrons. The summed E-state index contributed by atoms with van der Waals surface area (Å²) in [6, 6.07) is 55.3. The molecule has 0 fully saturated rings. The van der Waals surface area contributed by atoms with Gasteiger partial charge < -0.3 is 9.13 Å². The van der Waals surface area contributed by atoms with Crippen LogP contribution in [0.2, 0.25) is 0 Å². The largest absolute Gasteiger partial charge is 0.309 e. The summed E-state index contributed by atoms with van der Waals surface area (Å²) in [6.07, 6.45) is 0. The Morgan fingerprint density at radius 3 is 1.04 bits per heavy atom. The lowest BCUT2D eigenvalue weighted by molar-refractivity contribution is 0.950. The summed E-state index contributed by atoms with van der Waals surface area (Å²) >= 11 is 0. The summed E-state index contributed by atoms with van der Waals surface area (Å²) in [7, 11) is 0. The lowest BCUT2D eigenvalue weighted by Gasteiger charge is -2.17. The summed E-state index contributed by atoms with van der Waals surface area (Å²) in [5.41, 5.74) is 8.88. The van der Waals surface area contributed by atoms with Crippen LogP contribution in [-0.4, -0.2) is 28.7 Å². The van der Waals surface area contributed by atoms with Crippen molar-refractivity contribution in [3.8, 4) is 62.4 Å². The average molecular weight is 891 g/mol. The maximum atomic E-state index is 8.96. The number of hydrogen-bond acceptors (Lipinski definition) is 3. The Kier molecular flexibility index (Phi) is 6.79. The number of nitrogens with zero attached hydrogens (tertiary/aromatic N) is 6. The number of hydrogen-bond donors (Lipinski definition) is 0. The number of para-hydroxylation sites is 6. The van der Waals surface area contributed by atoms with Gasteiger partial charge in [-0.05, 0) is 95.1 Å². The van der Waals surface area contributed by atoms with Crippen molar-refractivity contribution < 1.29 is 13.7 Å². The molecule has 4 aromatic heterocycles. The van der Waals surface area contributed by atoms with Crippen LogP contribution in [0.4, 0.5) is 0 Å². The highest BCUT2D eigenvalue weighted by Gasteiger charge is 2.24. The molecule has 6 heteroatoms. The van der Waals surface area contributed by atoms with Gasteiger partial charge in [-0.15, -0.1) is 0 Å². The molecule has 0 saturated heterocycles. The van der Waals surface area contributed by atoms with Gasteiger partial charge in [0, 0.05) is 43.4 Å². The van der Waals surface area contributed by atoms with E-state index in [1.54, 1.807) is 36.4 Å². The molecule has 0 unspecified atom stereocenters. The number of rotatable bonds is 7. The zero-order valence-corrected chi connectivity index (χ0v) is 36.5. The molecule has 0 radical (unpaired) electrons. The summed E-state index contributed by atoms with van der Waals surface area (Å²) in [6.45, 7) is 0. The minimum atomic E-state index is -0.513. The summed E-state index contributed by atoms with van der Waals surface area (Å²) in [5.74, 6) is 0.937. The van der Waals surface area contributed by atoms with Crippen molar-refractivity contribution in [2.45, 2.75) is 0 Å². The number of benzene rings is 10. The van der Waals surface area contributed by atoms with E-state index in [-0.39, 0.29) is 41.2 Å². The van der Waals surface area contributed by atoms with Gasteiger partial charge in [0.05, 0.1) is 58.2 Å². The maximum Gasteiger partial charge on any atom is 0.238 e. The zero-order valence-electron chi connectivity index (χ0n) is 46.5. The molecular formula is C63H40N6. The van der Waals surface area contributed by atoms with Crippen LogP contribution >= 0.6 is 0 Å². The standard InChI is InChI=1S/C63H40N6/c1-3-19-41(20-4-1)43-35-37-59-51(39-43)52-40-44(42-21-5-2-6-22-42)36-38-60(52)69(59)63-65-61(49-27-11-17-33-57(49)67-53-29-13-7-23-45(53)46-24-8-14-30-54(46)67)64-62(66-63)50-28-12-18-34-58(50)68-55-31-15-9-25-47(55)48-26-10-16-32-56(48)68/h1-40H/i1D,2D,3D,4D,5D,6D,19D,20D,21D,22D. The Morgan fingerprint density at radius 1 is 0.290 bits per heavy atom. The van der Waals surface area contributed by atoms with Gasteiger partial charge in [0.1, 0.15) is 0 Å². The second-order valence-corrected chi connectivity index (χ2v) is 16.9. The molecule has 0 amide bonds. The van der Waals surface area contributed by atoms with Crippen molar-refractivity contribution in [3.05, 3.63) is 242 Å². The molecule has 6 nitrogen and oxygen atoms in total. The highest BCUT2D eigenvalue weighted by molar-refractivity contribution is 6.13. The molecule has 0 bridgehead atoms. The van der Waals surface area contributed by atoms with Crippen LogP contribution in [0.5, 0.6) is 0 Å². The van der Waals surface area contributed by atoms with E-state index in [2.05, 4.69) is 69.8 Å². The van der Waals surface area contributed by atoms with Crippen molar-refractivity contribution >= 4 is 65.4 Å². The van der Waals surface area contributed by atoms with Crippen molar-refractivity contribution in [3.63, 3.8) is 0 Å². The molecule has 0 saturated carbocycles. The summed E-state index contributed by atoms with van der Waals surface area (Å²) in [4.78, 5) is 16.3. The lowest BCUT2D eigenvalue weighted by Crippen LogP contribution is -2.09. The predicted octanol–water partition coefficient (Wildman–Crippen LogP) is 15.8. The Bertz CT molecular complexity index is 4480. The first kappa shape index (κ1) is 30.0. The SMILES string of the molecule is [2H]c1c([2H])c([2H])c(-c2ccc3c(c2)c2cc(-c4c([2H])c([2H])c([2H])c([2H])c4[2H])ccc2n3-c2nc(-c3ccccc3-n3c4ccccc4c4ccccc43)nc(-c3ccccc3-n3c4ccccc4c4ccccc43)n2)c([2H])c1[2H]. The van der Waals surface area contributed by atoms with Crippen LogP contribution in [0, 0.1) is 0 Å². The van der Waals surface area contributed by atoms with E-state index in [4.69, 9.17) is 28.7 Å². The molecule has 0 aliphatic rings. The topological polar surface area (TPSA) is 53.5 Å². The van der Waals surface area contributed by atoms with Gasteiger partial charge in [-0.25, -0.2) is 4.98 Å². The fraction of sp³-hybridized carbons (Fsp3) is 0. The Balaban J connectivity index is 1.09. The van der Waals surface area contributed by atoms with E-state index >= 15 is 0 Å². The molecule has 14 aromatic rings. The molecule has 4 heterocycles. The summed E-state index contributed by atoms with van der Waals surface area (Å²) in [5, 5.41) is 5.44. The molecule has 0 aliphatic carbocycles. The second kappa shape index (κ2) is 15.6. The van der Waals surface area contributed by atoms with E-state index in [1.807, 2.05) is 89.5 Å². The molecule has 0 N–H and O–H groups in total. The zero-order chi connectivity index (χ0) is 54.1. The second-order valence-electron chi connectivity index (χ2n) is 16.9. The highest BCUT2D eigenvalue weighted by atomic mass is 15.2. The summed E-state index contributed by atoms with van der Waals surface area (Å²) < 4.78 is 93.1. The lowest BCUT2D eigenvalue weighted by atomic mass is 10.0. The Hall–Kier alpha value is -9.39. The van der Waals surface area contributed by atoms with E-state index in [0.717, 1.165) is 55.0 Å². The van der Waals surface area contributed by atoms with E-state index in [1.165, 1.54) is 0 Å². The van der Waals surface area contributed by atoms with Crippen LogP contribution in [0.25, 0.3) is 128 Å². The fourth-order valence-corrected chi connectivity index (χ4v) is 10.1. The van der Waals surface area contributed by atoms with E-state index < -0.39 is 36.3 Å². The molecule has 14 rings (SSSR count). The van der Waals surface area contributed by atoms with Crippen LogP contribution in [-0.2, 0) is 0 Å². The van der Waals surface area contributed by atoms with E-state index in [0.29, 0.717) is 55.7 Å². The monoisotopic (exact) mass is 890 g/mol. The van der Waals surface area contributed by atoms with Crippen LogP contribution < -0.4 is 0 Å². The first-order valence-corrected chi connectivity index (χ1v) is 22.5. The highest BCUT2D eigenvalue weighted by Crippen LogP contribution is 2.41. The molecule has 0 aliphatic heterocycles. The molecule has 69 heavy (non-hydrogen) atoms.